The Hall–Kier alpha value is -1.90. The highest BCUT2D eigenvalue weighted by molar-refractivity contribution is 5.94. The number of carbonyl (C=O) groups is 1. The zero-order chi connectivity index (χ0) is 9.26. The number of carbonyl (C=O) groups excluding carboxylic acids is 1. The Labute approximate surface area is 75.2 Å². The summed E-state index contributed by atoms with van der Waals surface area (Å²) in [6.07, 6.45) is 2.45. The molecular weight excluding hydrogens is 164 g/mol. The van der Waals surface area contributed by atoms with Crippen LogP contribution in [-0.4, -0.2) is 11.3 Å². The minimum atomic E-state index is 0.495. The van der Waals surface area contributed by atoms with E-state index in [9.17, 15) is 4.79 Å². The number of aldehydes is 1. The number of benzene rings is 1. The summed E-state index contributed by atoms with van der Waals surface area (Å²) in [5.41, 5.74) is 6.30. The molecular formula is C10H8N2O. The van der Waals surface area contributed by atoms with Crippen LogP contribution in [-0.2, 0) is 0 Å². The summed E-state index contributed by atoms with van der Waals surface area (Å²) >= 11 is 0. The quantitative estimate of drug-likeness (QED) is 0.665. The molecule has 64 valence electrons. The molecule has 0 aliphatic carbocycles. The van der Waals surface area contributed by atoms with Gasteiger partial charge in [0.1, 0.15) is 12.1 Å². The maximum atomic E-state index is 10.5. The fourth-order valence-electron chi connectivity index (χ4n) is 1.29. The van der Waals surface area contributed by atoms with Crippen molar-refractivity contribution < 1.29 is 4.79 Å². The normalized spacial score (nSPS) is 10.2. The second-order valence-corrected chi connectivity index (χ2v) is 2.79. The zero-order valence-corrected chi connectivity index (χ0v) is 6.90. The molecule has 2 rings (SSSR count). The third-order valence-corrected chi connectivity index (χ3v) is 1.96. The fraction of sp³-hybridized carbons (Fsp3) is 0. The van der Waals surface area contributed by atoms with E-state index in [2.05, 4.69) is 4.98 Å². The van der Waals surface area contributed by atoms with Crippen LogP contribution in [0.3, 0.4) is 0 Å². The number of aromatic nitrogens is 1. The van der Waals surface area contributed by atoms with Gasteiger partial charge in [0, 0.05) is 17.1 Å². The van der Waals surface area contributed by atoms with E-state index in [1.165, 1.54) is 0 Å². The van der Waals surface area contributed by atoms with Crippen molar-refractivity contribution in [1.82, 2.24) is 4.98 Å². The van der Waals surface area contributed by atoms with Crippen LogP contribution in [0.5, 0.6) is 0 Å². The zero-order valence-electron chi connectivity index (χ0n) is 6.90. The summed E-state index contributed by atoms with van der Waals surface area (Å²) < 4.78 is 0. The summed E-state index contributed by atoms with van der Waals surface area (Å²) in [7, 11) is 0. The number of hydrogen-bond donors (Lipinski definition) is 1. The van der Waals surface area contributed by atoms with Crippen molar-refractivity contribution in [2.24, 2.45) is 0 Å². The van der Waals surface area contributed by atoms with Crippen molar-refractivity contribution in [2.45, 2.75) is 0 Å². The molecule has 2 aromatic rings. The first-order chi connectivity index (χ1) is 6.31. The van der Waals surface area contributed by atoms with Gasteiger partial charge in [-0.2, -0.15) is 0 Å². The predicted octanol–water partition coefficient (Wildman–Crippen LogP) is 1.63. The van der Waals surface area contributed by atoms with Gasteiger partial charge in [0.15, 0.2) is 0 Å². The fourth-order valence-corrected chi connectivity index (χ4v) is 1.29. The predicted molar refractivity (Wildman–Crippen MR) is 51.5 cm³/mol. The third kappa shape index (κ3) is 1.24. The molecule has 1 heterocycles. The van der Waals surface area contributed by atoms with Gasteiger partial charge in [0.2, 0.25) is 0 Å². The molecule has 0 unspecified atom stereocenters. The first-order valence-electron chi connectivity index (χ1n) is 3.90. The molecule has 0 amide bonds. The van der Waals surface area contributed by atoms with E-state index in [-0.39, 0.29) is 0 Å². The Balaban J connectivity index is 2.79. The van der Waals surface area contributed by atoms with Crippen LogP contribution in [0.15, 0.2) is 30.5 Å². The standard InChI is InChI=1S/C10H8N2O/c11-10-9-2-1-7(6-13)5-8(9)3-4-12-10/h1-6H,(H2,11,12). The monoisotopic (exact) mass is 172 g/mol. The van der Waals surface area contributed by atoms with Gasteiger partial charge in [-0.25, -0.2) is 4.98 Å². The van der Waals surface area contributed by atoms with Crippen molar-refractivity contribution >= 4 is 22.9 Å². The molecule has 3 heteroatoms. The van der Waals surface area contributed by atoms with Crippen LogP contribution in [0, 0.1) is 0 Å². The van der Waals surface area contributed by atoms with Crippen LogP contribution in [0.4, 0.5) is 5.82 Å². The molecule has 0 atom stereocenters. The van der Waals surface area contributed by atoms with Gasteiger partial charge in [-0.3, -0.25) is 4.79 Å². The summed E-state index contributed by atoms with van der Waals surface area (Å²) in [6.45, 7) is 0. The molecule has 0 aliphatic heterocycles. The van der Waals surface area contributed by atoms with Crippen LogP contribution in [0.1, 0.15) is 10.4 Å². The van der Waals surface area contributed by atoms with E-state index in [1.54, 1.807) is 24.4 Å². The Morgan fingerprint density at radius 2 is 2.15 bits per heavy atom. The Bertz CT molecular complexity index is 465. The number of nitrogen functional groups attached to an aromatic ring is 1. The third-order valence-electron chi connectivity index (χ3n) is 1.96. The minimum Gasteiger partial charge on any atom is -0.383 e. The van der Waals surface area contributed by atoms with Crippen molar-refractivity contribution in [2.75, 3.05) is 5.73 Å². The molecule has 0 radical (unpaired) electrons. The molecule has 2 N–H and O–H groups in total. The van der Waals surface area contributed by atoms with Crippen LogP contribution in [0.2, 0.25) is 0 Å². The summed E-state index contributed by atoms with van der Waals surface area (Å²) in [4.78, 5) is 14.4. The molecule has 13 heavy (non-hydrogen) atoms. The Morgan fingerprint density at radius 1 is 1.31 bits per heavy atom. The van der Waals surface area contributed by atoms with E-state index >= 15 is 0 Å². The Kier molecular flexibility index (Phi) is 1.70. The number of hydrogen-bond acceptors (Lipinski definition) is 3. The average Bonchev–Trinajstić information content (AvgIpc) is 2.18. The van der Waals surface area contributed by atoms with Gasteiger partial charge >= 0.3 is 0 Å². The van der Waals surface area contributed by atoms with E-state index in [0.29, 0.717) is 11.4 Å². The molecule has 0 saturated heterocycles. The smallest absolute Gasteiger partial charge is 0.150 e. The largest absolute Gasteiger partial charge is 0.383 e. The van der Waals surface area contributed by atoms with Crippen molar-refractivity contribution in [1.29, 1.82) is 0 Å². The van der Waals surface area contributed by atoms with Crippen LogP contribution in [0.25, 0.3) is 10.8 Å². The number of rotatable bonds is 1. The molecule has 0 saturated carbocycles. The first kappa shape index (κ1) is 7.73. The van der Waals surface area contributed by atoms with Gasteiger partial charge in [-0.1, -0.05) is 6.07 Å². The highest BCUT2D eigenvalue weighted by Crippen LogP contribution is 2.18. The first-order valence-corrected chi connectivity index (χ1v) is 3.90. The second kappa shape index (κ2) is 2.86. The molecule has 1 aromatic carbocycles. The van der Waals surface area contributed by atoms with Crippen molar-refractivity contribution in [3.8, 4) is 0 Å². The molecule has 0 aliphatic rings. The van der Waals surface area contributed by atoms with Crippen molar-refractivity contribution in [3.63, 3.8) is 0 Å². The Morgan fingerprint density at radius 3 is 2.92 bits per heavy atom. The number of fused-ring (bicyclic) bond motifs is 1. The van der Waals surface area contributed by atoms with E-state index < -0.39 is 0 Å². The van der Waals surface area contributed by atoms with Crippen LogP contribution < -0.4 is 5.73 Å². The maximum Gasteiger partial charge on any atom is 0.150 e. The molecule has 0 bridgehead atoms. The van der Waals surface area contributed by atoms with Crippen molar-refractivity contribution in [3.05, 3.63) is 36.0 Å². The second-order valence-electron chi connectivity index (χ2n) is 2.79. The lowest BCUT2D eigenvalue weighted by Crippen LogP contribution is -1.91. The minimum absolute atomic E-state index is 0.495. The lowest BCUT2D eigenvalue weighted by atomic mass is 10.1. The number of anilines is 1. The maximum absolute atomic E-state index is 10.5. The number of nitrogens with two attached hydrogens (primary N) is 1. The van der Waals surface area contributed by atoms with Gasteiger partial charge in [0.05, 0.1) is 0 Å². The lowest BCUT2D eigenvalue weighted by molar-refractivity contribution is 0.112. The van der Waals surface area contributed by atoms with Gasteiger partial charge in [0.25, 0.3) is 0 Å². The summed E-state index contributed by atoms with van der Waals surface area (Å²) in [5.74, 6) is 0.495. The SMILES string of the molecule is Nc1nccc2cc(C=O)ccc12. The highest BCUT2D eigenvalue weighted by atomic mass is 16.1. The molecule has 3 nitrogen and oxygen atoms in total. The molecule has 1 aromatic heterocycles. The van der Waals surface area contributed by atoms with Gasteiger partial charge in [-0.15, -0.1) is 0 Å². The number of pyridine rings is 1. The summed E-state index contributed by atoms with van der Waals surface area (Å²) in [5, 5.41) is 1.82. The average molecular weight is 172 g/mol. The van der Waals surface area contributed by atoms with E-state index in [0.717, 1.165) is 17.1 Å². The highest BCUT2D eigenvalue weighted by Gasteiger charge is 1.98. The summed E-state index contributed by atoms with van der Waals surface area (Å²) in [6, 6.07) is 7.16. The van der Waals surface area contributed by atoms with E-state index in [4.69, 9.17) is 5.73 Å². The van der Waals surface area contributed by atoms with E-state index in [1.807, 2.05) is 6.07 Å². The number of nitrogens with zero attached hydrogens (tertiary/aromatic N) is 1. The topological polar surface area (TPSA) is 56.0 Å². The van der Waals surface area contributed by atoms with Gasteiger partial charge in [-0.05, 0) is 23.6 Å². The van der Waals surface area contributed by atoms with Crippen LogP contribution >= 0.6 is 0 Å². The van der Waals surface area contributed by atoms with Gasteiger partial charge < -0.3 is 5.73 Å². The lowest BCUT2D eigenvalue weighted by Gasteiger charge is -2.00. The molecule has 0 spiro atoms. The molecule has 0 fully saturated rings.